The molecule has 1 fully saturated rings. The van der Waals surface area contributed by atoms with Crippen molar-refractivity contribution < 1.29 is 9.53 Å². The number of piperidine rings is 1. The molecule has 1 aromatic heterocycles. The van der Waals surface area contributed by atoms with Gasteiger partial charge in [-0.05, 0) is 57.7 Å². The Morgan fingerprint density at radius 3 is 2.44 bits per heavy atom. The molecule has 2 aromatic carbocycles. The minimum atomic E-state index is -0.346. The third kappa shape index (κ3) is 4.27. The van der Waals surface area contributed by atoms with Gasteiger partial charge in [0.05, 0.1) is 12.6 Å². The number of rotatable bonds is 5. The van der Waals surface area contributed by atoms with E-state index in [2.05, 4.69) is 34.4 Å². The van der Waals surface area contributed by atoms with Crippen molar-refractivity contribution in [2.24, 2.45) is 0 Å². The second-order valence-corrected chi connectivity index (χ2v) is 10.1. The van der Waals surface area contributed by atoms with E-state index < -0.39 is 0 Å². The number of hydrogen-bond donors (Lipinski definition) is 1. The first kappa shape index (κ1) is 22.8. The first-order chi connectivity index (χ1) is 16.6. The summed E-state index contributed by atoms with van der Waals surface area (Å²) in [5.41, 5.74) is 5.60. The number of ether oxygens (including phenoxy) is 1. The standard InChI is InChI=1S/C26H31N5O2S/c1-4-33-21-15-13-19(14-16-21)22-23(25(32)30-17(2)9-8-10-18(30)3)34-26-28-27-24(31(26)29-22)20-11-6-5-7-12-20/h5-7,11-18,22-23,29H,4,8-10H2,1-3H3/t17-,18+,22-,23+/m0/s1. The number of aromatic nitrogens is 3. The summed E-state index contributed by atoms with van der Waals surface area (Å²) in [6, 6.07) is 18.3. The minimum Gasteiger partial charge on any atom is -0.494 e. The lowest BCUT2D eigenvalue weighted by Crippen LogP contribution is -2.53. The van der Waals surface area contributed by atoms with Crippen molar-refractivity contribution in [3.05, 3.63) is 60.2 Å². The molecule has 4 atom stereocenters. The summed E-state index contributed by atoms with van der Waals surface area (Å²) in [4.78, 5) is 16.1. The van der Waals surface area contributed by atoms with Gasteiger partial charge in [0, 0.05) is 17.6 Å². The molecule has 0 radical (unpaired) electrons. The fraction of sp³-hybridized carbons (Fsp3) is 0.423. The largest absolute Gasteiger partial charge is 0.494 e. The Kier molecular flexibility index (Phi) is 6.50. The first-order valence-corrected chi connectivity index (χ1v) is 12.9. The molecule has 0 saturated carbocycles. The molecule has 0 bridgehead atoms. The molecule has 1 N–H and O–H groups in total. The van der Waals surface area contributed by atoms with Crippen LogP contribution in [0.15, 0.2) is 59.8 Å². The maximum absolute atomic E-state index is 14.0. The molecule has 3 heterocycles. The summed E-state index contributed by atoms with van der Waals surface area (Å²) in [5.74, 6) is 1.72. The Hall–Kier alpha value is -3.00. The Bertz CT molecular complexity index is 1120. The van der Waals surface area contributed by atoms with Gasteiger partial charge < -0.3 is 15.1 Å². The van der Waals surface area contributed by atoms with E-state index in [1.165, 1.54) is 18.2 Å². The summed E-state index contributed by atoms with van der Waals surface area (Å²) < 4.78 is 7.57. The normalized spacial score (nSPS) is 24.3. The van der Waals surface area contributed by atoms with Gasteiger partial charge in [-0.15, -0.1) is 10.2 Å². The molecule has 34 heavy (non-hydrogen) atoms. The van der Waals surface area contributed by atoms with Gasteiger partial charge in [0.25, 0.3) is 0 Å². The predicted molar refractivity (Wildman–Crippen MR) is 134 cm³/mol. The van der Waals surface area contributed by atoms with Crippen molar-refractivity contribution in [2.45, 2.75) is 68.6 Å². The Morgan fingerprint density at radius 2 is 1.76 bits per heavy atom. The highest BCUT2D eigenvalue weighted by Gasteiger charge is 2.42. The van der Waals surface area contributed by atoms with Crippen molar-refractivity contribution in [2.75, 3.05) is 12.0 Å². The van der Waals surface area contributed by atoms with Crippen LogP contribution in [0.25, 0.3) is 11.4 Å². The number of nitrogens with zero attached hydrogens (tertiary/aromatic N) is 4. The number of thioether (sulfide) groups is 1. The number of carbonyl (C=O) groups excluding carboxylic acids is 1. The van der Waals surface area contributed by atoms with Gasteiger partial charge in [-0.1, -0.05) is 54.2 Å². The van der Waals surface area contributed by atoms with E-state index in [9.17, 15) is 4.79 Å². The second-order valence-electron chi connectivity index (χ2n) is 9.03. The maximum Gasteiger partial charge on any atom is 0.239 e. The summed E-state index contributed by atoms with van der Waals surface area (Å²) in [6.07, 6.45) is 3.26. The number of hydrogen-bond acceptors (Lipinski definition) is 6. The third-order valence-electron chi connectivity index (χ3n) is 6.71. The molecule has 8 heteroatoms. The number of benzene rings is 2. The van der Waals surface area contributed by atoms with Gasteiger partial charge in [-0.2, -0.15) is 0 Å². The Labute approximate surface area is 204 Å². The number of fused-ring (bicyclic) bond motifs is 1. The van der Waals surface area contributed by atoms with Crippen LogP contribution in [0.5, 0.6) is 5.75 Å². The van der Waals surface area contributed by atoms with Crippen molar-refractivity contribution in [3.63, 3.8) is 0 Å². The lowest BCUT2D eigenvalue weighted by Gasteiger charge is -2.43. The number of amides is 1. The molecule has 1 amide bonds. The molecule has 7 nitrogen and oxygen atoms in total. The fourth-order valence-corrected chi connectivity index (χ4v) is 6.14. The first-order valence-electron chi connectivity index (χ1n) is 12.1. The molecule has 0 unspecified atom stereocenters. The summed E-state index contributed by atoms with van der Waals surface area (Å²) in [5, 5.41) is 9.25. The van der Waals surface area contributed by atoms with E-state index in [4.69, 9.17) is 4.74 Å². The smallest absolute Gasteiger partial charge is 0.239 e. The van der Waals surface area contributed by atoms with E-state index in [-0.39, 0.29) is 29.3 Å². The topological polar surface area (TPSA) is 72.3 Å². The molecule has 1 saturated heterocycles. The molecular weight excluding hydrogens is 446 g/mol. The highest BCUT2D eigenvalue weighted by atomic mass is 32.2. The van der Waals surface area contributed by atoms with Gasteiger partial charge in [-0.25, -0.2) is 4.68 Å². The molecule has 5 rings (SSSR count). The minimum absolute atomic E-state index is 0.159. The van der Waals surface area contributed by atoms with Crippen molar-refractivity contribution in [1.29, 1.82) is 0 Å². The van der Waals surface area contributed by atoms with Gasteiger partial charge >= 0.3 is 0 Å². The van der Waals surface area contributed by atoms with Crippen LogP contribution in [0.1, 0.15) is 51.6 Å². The fourth-order valence-electron chi connectivity index (χ4n) is 5.01. The van der Waals surface area contributed by atoms with E-state index >= 15 is 0 Å². The zero-order valence-corrected chi connectivity index (χ0v) is 20.7. The van der Waals surface area contributed by atoms with Gasteiger partial charge in [0.2, 0.25) is 11.1 Å². The predicted octanol–water partition coefficient (Wildman–Crippen LogP) is 4.89. The highest BCUT2D eigenvalue weighted by Crippen LogP contribution is 2.41. The van der Waals surface area contributed by atoms with Crippen LogP contribution in [0.3, 0.4) is 0 Å². The van der Waals surface area contributed by atoms with Crippen LogP contribution >= 0.6 is 11.8 Å². The van der Waals surface area contributed by atoms with E-state index in [1.807, 2.05) is 66.2 Å². The van der Waals surface area contributed by atoms with Crippen molar-refractivity contribution in [1.82, 2.24) is 19.8 Å². The van der Waals surface area contributed by atoms with Crippen molar-refractivity contribution in [3.8, 4) is 17.1 Å². The summed E-state index contributed by atoms with van der Waals surface area (Å²) >= 11 is 1.50. The van der Waals surface area contributed by atoms with Crippen LogP contribution in [0.4, 0.5) is 0 Å². The molecule has 3 aromatic rings. The van der Waals surface area contributed by atoms with Gasteiger partial charge in [-0.3, -0.25) is 4.79 Å². The highest BCUT2D eigenvalue weighted by molar-refractivity contribution is 8.00. The zero-order valence-electron chi connectivity index (χ0n) is 19.8. The average Bonchev–Trinajstić information content (AvgIpc) is 3.27. The molecule has 178 valence electrons. The van der Waals surface area contributed by atoms with E-state index in [0.717, 1.165) is 35.5 Å². The third-order valence-corrected chi connectivity index (χ3v) is 7.91. The lowest BCUT2D eigenvalue weighted by molar-refractivity contribution is -0.137. The van der Waals surface area contributed by atoms with E-state index in [0.29, 0.717) is 11.8 Å². The molecular formula is C26H31N5O2S. The number of likely N-dealkylation sites (tertiary alicyclic amines) is 1. The number of carbonyl (C=O) groups is 1. The van der Waals surface area contributed by atoms with Gasteiger partial charge in [0.1, 0.15) is 11.0 Å². The molecule has 0 aliphatic carbocycles. The van der Waals surface area contributed by atoms with Crippen LogP contribution in [0.2, 0.25) is 0 Å². The quantitative estimate of drug-likeness (QED) is 0.564. The zero-order chi connectivity index (χ0) is 23.7. The molecule has 2 aliphatic heterocycles. The van der Waals surface area contributed by atoms with Gasteiger partial charge in [0.15, 0.2) is 5.82 Å². The summed E-state index contributed by atoms with van der Waals surface area (Å²) in [6.45, 7) is 6.92. The molecule has 2 aliphatic rings. The number of nitrogens with one attached hydrogen (secondary N) is 1. The maximum atomic E-state index is 14.0. The summed E-state index contributed by atoms with van der Waals surface area (Å²) in [7, 11) is 0. The lowest BCUT2D eigenvalue weighted by atomic mass is 9.95. The van der Waals surface area contributed by atoms with Crippen LogP contribution in [-0.2, 0) is 4.79 Å². The average molecular weight is 478 g/mol. The SMILES string of the molecule is CCOc1ccc([C@@H]2Nn3c(nnc3-c3ccccc3)S[C@H]2C(=O)N2[C@H](C)CCC[C@@H]2C)cc1. The van der Waals surface area contributed by atoms with Crippen LogP contribution in [0, 0.1) is 0 Å². The second kappa shape index (κ2) is 9.70. The monoisotopic (exact) mass is 477 g/mol. The van der Waals surface area contributed by atoms with E-state index in [1.54, 1.807) is 0 Å². The Morgan fingerprint density at radius 1 is 1.06 bits per heavy atom. The van der Waals surface area contributed by atoms with Crippen LogP contribution in [-0.4, -0.2) is 49.6 Å². The molecule has 0 spiro atoms. The van der Waals surface area contributed by atoms with Crippen molar-refractivity contribution >= 4 is 17.7 Å². The van der Waals surface area contributed by atoms with Crippen LogP contribution < -0.4 is 10.2 Å². The Balaban J connectivity index is 1.53.